The zero-order chi connectivity index (χ0) is 28.1. The van der Waals surface area contributed by atoms with Crippen molar-refractivity contribution in [3.05, 3.63) is 76.9 Å². The molecule has 4 rings (SSSR count). The maximum Gasteiger partial charge on any atom is 0.320 e. The number of carboxylic acids is 1. The van der Waals surface area contributed by atoms with Gasteiger partial charge in [-0.25, -0.2) is 0 Å². The summed E-state index contributed by atoms with van der Waals surface area (Å²) in [7, 11) is 4.44. The highest BCUT2D eigenvalue weighted by Gasteiger charge is 2.27. The monoisotopic (exact) mass is 532 g/mol. The third-order valence-electron chi connectivity index (χ3n) is 6.48. The highest BCUT2D eigenvalue weighted by atomic mass is 16.5. The number of carbonyl (C=O) groups is 4. The molecule has 10 heteroatoms. The van der Waals surface area contributed by atoms with Crippen molar-refractivity contribution in [2.24, 2.45) is 0 Å². The summed E-state index contributed by atoms with van der Waals surface area (Å²) in [6.07, 6.45) is -0.267. The van der Waals surface area contributed by atoms with E-state index < -0.39 is 23.8 Å². The van der Waals surface area contributed by atoms with Crippen LogP contribution >= 0.6 is 0 Å². The van der Waals surface area contributed by atoms with E-state index in [1.165, 1.54) is 27.4 Å². The number of rotatable bonds is 11. The zero-order valence-corrected chi connectivity index (χ0v) is 21.7. The molecule has 39 heavy (non-hydrogen) atoms. The smallest absolute Gasteiger partial charge is 0.320 e. The number of methoxy groups -OCH3 is 3. The van der Waals surface area contributed by atoms with Gasteiger partial charge < -0.3 is 24.6 Å². The molecule has 10 nitrogen and oxygen atoms in total. The summed E-state index contributed by atoms with van der Waals surface area (Å²) in [5.41, 5.74) is 3.36. The minimum atomic E-state index is -1.14. The van der Waals surface area contributed by atoms with E-state index in [1.807, 2.05) is 12.1 Å². The van der Waals surface area contributed by atoms with Crippen LogP contribution in [0.5, 0.6) is 17.2 Å². The van der Waals surface area contributed by atoms with Gasteiger partial charge in [-0.1, -0.05) is 30.3 Å². The second kappa shape index (κ2) is 11.8. The molecule has 1 aliphatic carbocycles. The molecular formula is C29H28N2O8. The predicted octanol–water partition coefficient (Wildman–Crippen LogP) is 3.20. The van der Waals surface area contributed by atoms with Crippen molar-refractivity contribution in [3.8, 4) is 28.4 Å². The van der Waals surface area contributed by atoms with Crippen molar-refractivity contribution in [3.63, 3.8) is 0 Å². The summed E-state index contributed by atoms with van der Waals surface area (Å²) in [4.78, 5) is 49.7. The Kier molecular flexibility index (Phi) is 8.26. The van der Waals surface area contributed by atoms with Crippen LogP contribution in [0.15, 0.2) is 54.6 Å². The molecule has 0 heterocycles. The Morgan fingerprint density at radius 3 is 2.10 bits per heavy atom. The first kappa shape index (κ1) is 27.3. The second-order valence-electron chi connectivity index (χ2n) is 8.86. The van der Waals surface area contributed by atoms with Crippen LogP contribution in [0.1, 0.15) is 44.7 Å². The molecule has 0 aromatic heterocycles. The Bertz CT molecular complexity index is 1420. The lowest BCUT2D eigenvalue weighted by atomic mass is 10.0. The van der Waals surface area contributed by atoms with Gasteiger partial charge in [0.15, 0.2) is 17.3 Å². The van der Waals surface area contributed by atoms with Gasteiger partial charge in [0.05, 0.1) is 21.3 Å². The topological polar surface area (TPSA) is 140 Å². The van der Waals surface area contributed by atoms with Gasteiger partial charge in [-0.05, 0) is 47.4 Å². The largest absolute Gasteiger partial charge is 0.493 e. The van der Waals surface area contributed by atoms with Gasteiger partial charge in [0.2, 0.25) is 11.7 Å². The van der Waals surface area contributed by atoms with Crippen LogP contribution in [0.3, 0.4) is 0 Å². The molecule has 1 atom stereocenters. The SMILES string of the molecule is COc1cc(CN[C@@H](CCC(=O)NC(=O)c2ccc3c(c2)C(=O)c2ccccc2-3)C(=O)O)cc(OC)c1OC. The van der Waals surface area contributed by atoms with E-state index in [9.17, 15) is 24.3 Å². The fraction of sp³-hybridized carbons (Fsp3) is 0.241. The Labute approximate surface area is 224 Å². The van der Waals surface area contributed by atoms with Gasteiger partial charge in [-0.15, -0.1) is 0 Å². The molecule has 1 aliphatic rings. The van der Waals surface area contributed by atoms with Crippen molar-refractivity contribution in [1.29, 1.82) is 0 Å². The molecule has 3 N–H and O–H groups in total. The van der Waals surface area contributed by atoms with E-state index in [0.29, 0.717) is 33.9 Å². The lowest BCUT2D eigenvalue weighted by Crippen LogP contribution is -2.38. The Morgan fingerprint density at radius 1 is 0.846 bits per heavy atom. The fourth-order valence-corrected chi connectivity index (χ4v) is 4.50. The van der Waals surface area contributed by atoms with Crippen molar-refractivity contribution in [2.45, 2.75) is 25.4 Å². The third kappa shape index (κ3) is 5.75. The number of aliphatic carboxylic acids is 1. The van der Waals surface area contributed by atoms with E-state index in [1.54, 1.807) is 36.4 Å². The van der Waals surface area contributed by atoms with Gasteiger partial charge in [0.1, 0.15) is 6.04 Å². The Morgan fingerprint density at radius 2 is 1.49 bits per heavy atom. The number of amides is 2. The fourth-order valence-electron chi connectivity index (χ4n) is 4.50. The number of benzene rings is 3. The number of ketones is 1. The summed E-state index contributed by atoms with van der Waals surface area (Å²) in [5.74, 6) is -1.34. The first-order valence-electron chi connectivity index (χ1n) is 12.1. The van der Waals surface area contributed by atoms with Crippen LogP contribution < -0.4 is 24.8 Å². The number of carboxylic acid groups (broad SMARTS) is 1. The summed E-state index contributed by atoms with van der Waals surface area (Å²) >= 11 is 0. The van der Waals surface area contributed by atoms with Crippen molar-refractivity contribution < 1.29 is 38.5 Å². The van der Waals surface area contributed by atoms with E-state index in [0.717, 1.165) is 11.1 Å². The van der Waals surface area contributed by atoms with Crippen molar-refractivity contribution in [2.75, 3.05) is 21.3 Å². The standard InChI is InChI=1S/C29H28N2O8/c1-37-23-12-16(13-24(38-2)27(23)39-3)15-30-22(29(35)36)10-11-25(32)31-28(34)17-8-9-19-18-6-4-5-7-20(18)26(33)21(19)14-17/h4-9,12-14,22,30H,10-11,15H2,1-3H3,(H,35,36)(H,31,32,34)/t22-/m0/s1. The third-order valence-corrected chi connectivity index (χ3v) is 6.48. The lowest BCUT2D eigenvalue weighted by Gasteiger charge is -2.17. The molecule has 0 saturated carbocycles. The molecule has 3 aromatic carbocycles. The maximum atomic E-state index is 12.7. The Hall–Kier alpha value is -4.70. The molecule has 0 radical (unpaired) electrons. The number of hydrogen-bond acceptors (Lipinski definition) is 8. The summed E-state index contributed by atoms with van der Waals surface area (Å²) in [6, 6.07) is 14.2. The van der Waals surface area contributed by atoms with E-state index >= 15 is 0 Å². The number of hydrogen-bond donors (Lipinski definition) is 3. The highest BCUT2D eigenvalue weighted by Crippen LogP contribution is 2.38. The van der Waals surface area contributed by atoms with Crippen LogP contribution in [0.25, 0.3) is 11.1 Å². The molecule has 3 aromatic rings. The van der Waals surface area contributed by atoms with Crippen LogP contribution in [-0.4, -0.2) is 56.0 Å². The normalized spacial score (nSPS) is 12.2. The molecule has 0 aliphatic heterocycles. The van der Waals surface area contributed by atoms with E-state index in [2.05, 4.69) is 10.6 Å². The van der Waals surface area contributed by atoms with Crippen LogP contribution in [0.2, 0.25) is 0 Å². The first-order chi connectivity index (χ1) is 18.8. The van der Waals surface area contributed by atoms with Gasteiger partial charge in [0.25, 0.3) is 5.91 Å². The quantitative estimate of drug-likeness (QED) is 0.266. The van der Waals surface area contributed by atoms with E-state index in [4.69, 9.17) is 14.2 Å². The molecule has 0 spiro atoms. The summed E-state index contributed by atoms with van der Waals surface area (Å²) < 4.78 is 15.9. The molecule has 2 amide bonds. The van der Waals surface area contributed by atoms with Gasteiger partial charge in [-0.3, -0.25) is 24.5 Å². The number of fused-ring (bicyclic) bond motifs is 3. The molecule has 0 fully saturated rings. The molecule has 0 bridgehead atoms. The van der Waals surface area contributed by atoms with E-state index in [-0.39, 0.29) is 30.7 Å². The molecular weight excluding hydrogens is 504 g/mol. The van der Waals surface area contributed by atoms with Crippen molar-refractivity contribution >= 4 is 23.6 Å². The lowest BCUT2D eigenvalue weighted by molar-refractivity contribution is -0.139. The van der Waals surface area contributed by atoms with Gasteiger partial charge >= 0.3 is 5.97 Å². The minimum Gasteiger partial charge on any atom is -0.493 e. The predicted molar refractivity (Wildman–Crippen MR) is 141 cm³/mol. The summed E-state index contributed by atoms with van der Waals surface area (Å²) in [6.45, 7) is 0.153. The number of carbonyl (C=O) groups excluding carboxylic acids is 3. The Balaban J connectivity index is 1.35. The zero-order valence-electron chi connectivity index (χ0n) is 21.7. The molecule has 202 valence electrons. The maximum absolute atomic E-state index is 12.7. The number of nitrogens with one attached hydrogen (secondary N) is 2. The second-order valence-corrected chi connectivity index (χ2v) is 8.86. The highest BCUT2D eigenvalue weighted by molar-refractivity contribution is 6.22. The molecule has 0 unspecified atom stereocenters. The van der Waals surface area contributed by atoms with Crippen molar-refractivity contribution in [1.82, 2.24) is 10.6 Å². The number of ether oxygens (including phenoxy) is 3. The minimum absolute atomic E-state index is 0.0587. The summed E-state index contributed by atoms with van der Waals surface area (Å²) in [5, 5.41) is 14.8. The first-order valence-corrected chi connectivity index (χ1v) is 12.1. The van der Waals surface area contributed by atoms with Crippen LogP contribution in [-0.2, 0) is 16.1 Å². The van der Waals surface area contributed by atoms with Gasteiger partial charge in [-0.2, -0.15) is 0 Å². The molecule has 0 saturated heterocycles. The van der Waals surface area contributed by atoms with Crippen LogP contribution in [0.4, 0.5) is 0 Å². The number of imide groups is 1. The average Bonchev–Trinajstić information content (AvgIpc) is 3.23. The van der Waals surface area contributed by atoms with Gasteiger partial charge in [0, 0.05) is 29.7 Å². The van der Waals surface area contributed by atoms with Crippen LogP contribution in [0, 0.1) is 0 Å². The average molecular weight is 533 g/mol.